The third-order valence-corrected chi connectivity index (χ3v) is 17.5. The van der Waals surface area contributed by atoms with Crippen LogP contribution in [-0.4, -0.2) is 94.7 Å². The molecule has 0 fully saturated rings. The lowest BCUT2D eigenvalue weighted by Crippen LogP contribution is -2.54. The van der Waals surface area contributed by atoms with E-state index in [1.807, 2.05) is 10.6 Å². The second-order valence-corrected chi connectivity index (χ2v) is 24.8. The first-order chi connectivity index (χ1) is 50.9. The average Bonchev–Trinajstić information content (AvgIpc) is 0.725. The lowest BCUT2D eigenvalue weighted by atomic mass is 9.72. The Kier molecular flexibility index (Phi) is 23.6. The van der Waals surface area contributed by atoms with E-state index in [9.17, 15) is 123 Å². The summed E-state index contributed by atoms with van der Waals surface area (Å²) in [7, 11) is 1.15. The Hall–Kier alpha value is -12.3. The van der Waals surface area contributed by atoms with Crippen LogP contribution < -0.4 is 36.6 Å². The number of alkyl halides is 18. The van der Waals surface area contributed by atoms with Crippen molar-refractivity contribution in [2.75, 3.05) is 38.9 Å². The number of Topliss-reactive ketones (excluding diaryl/α,β-unsaturated/α-hetero) is 1. The predicted molar refractivity (Wildman–Crippen MR) is 368 cm³/mol. The van der Waals surface area contributed by atoms with Crippen molar-refractivity contribution in [3.05, 3.63) is 254 Å². The summed E-state index contributed by atoms with van der Waals surface area (Å²) in [6.45, 7) is 7.34. The summed E-state index contributed by atoms with van der Waals surface area (Å²) in [5.41, 5.74) is -25.8. The number of halogens is 18. The van der Waals surface area contributed by atoms with Crippen LogP contribution >= 0.6 is 0 Å². The quantitative estimate of drug-likeness (QED) is 0.0222. The summed E-state index contributed by atoms with van der Waals surface area (Å²) in [6, 6.07) is 26.1. The first kappa shape index (κ1) is 83.4. The Morgan fingerprint density at radius 1 is 0.300 bits per heavy atom. The Balaban J connectivity index is 0.000000292. The number of phenols is 3. The lowest BCUT2D eigenvalue weighted by molar-refractivity contribution is -0.290. The van der Waals surface area contributed by atoms with Crippen LogP contribution in [0.3, 0.4) is 0 Å². The zero-order chi connectivity index (χ0) is 82.0. The number of rotatable bonds is 18. The molecule has 5 amide bonds. The number of benzene rings is 9. The van der Waals surface area contributed by atoms with E-state index in [4.69, 9.17) is 4.74 Å². The second-order valence-electron chi connectivity index (χ2n) is 24.8. The maximum Gasteiger partial charge on any atom is 0.411 e. The fourth-order valence-electron chi connectivity index (χ4n) is 12.0. The van der Waals surface area contributed by atoms with Crippen molar-refractivity contribution < 1.29 is 128 Å². The number of amides is 5. The number of hydrogen-bond acceptors (Lipinski definition) is 11. The van der Waals surface area contributed by atoms with E-state index in [1.165, 1.54) is 52.0 Å². The van der Waals surface area contributed by atoms with Gasteiger partial charge in [-0.2, -0.15) is 79.0 Å². The second kappa shape index (κ2) is 31.1. The van der Waals surface area contributed by atoms with Gasteiger partial charge in [-0.05, 0) is 199 Å². The molecule has 9 aromatic carbocycles. The van der Waals surface area contributed by atoms with E-state index in [0.717, 1.165) is 63.4 Å². The Morgan fingerprint density at radius 2 is 0.555 bits per heavy atom. The molecule has 9 N–H and O–H groups in total. The number of aryl methyl sites for hydroxylation is 3. The fraction of sp³-hybridized carbons (Fsp3) is 0.211. The van der Waals surface area contributed by atoms with Crippen LogP contribution in [0.5, 0.6) is 28.7 Å². The smallest absolute Gasteiger partial charge is 0.411 e. The van der Waals surface area contributed by atoms with E-state index in [0.29, 0.717) is 102 Å². The van der Waals surface area contributed by atoms with Crippen LogP contribution in [-0.2, 0) is 25.8 Å². The van der Waals surface area contributed by atoms with E-state index in [2.05, 4.69) is 21.3 Å². The molecule has 0 spiro atoms. The molecule has 0 bridgehead atoms. The first-order valence-corrected chi connectivity index (χ1v) is 31.8. The van der Waals surface area contributed by atoms with Crippen LogP contribution in [0.15, 0.2) is 182 Å². The highest BCUT2D eigenvalue weighted by Crippen LogP contribution is 2.61. The standard InChI is InChI=1S/C43H34F12N4O5.C33H26F6N2O5/c1-21-8-10-26(17-30(21)57-23(3)60)39(42(50,51)52,43(53,54)55)29-13-15-35(62)33(20-29)59-37(64)25-7-5-6-24(16-25)36(63)58-31-18-27(11-9-22(31)2)38(40(44,45)46,41(47,48)49)28-12-14-34(61)32(19-28)56-4;1-18-4-9-23(31(32(34,35)36,33(37,38)39)24-10-15-29(44)28(17-24)40-20(3)43)16-27(18)41-30(45)22-7-13-26(14-8-22)46-25-11-5-21(6-12-25)19(2)42/h5-20,56,61-62H,1-4H3,(H,57,60)(H,58,63)(H,59,64);4-17,44H,1-3H3,(H,40,43)(H,41,45). The van der Waals surface area contributed by atoms with Crippen molar-refractivity contribution >= 4 is 69.4 Å². The van der Waals surface area contributed by atoms with Crippen molar-refractivity contribution in [1.82, 2.24) is 0 Å². The molecule has 0 aliphatic heterocycles. The predicted octanol–water partition coefficient (Wildman–Crippen LogP) is 19.4. The number of hydrogen-bond donors (Lipinski definition) is 9. The first-order valence-electron chi connectivity index (χ1n) is 31.8. The van der Waals surface area contributed by atoms with Gasteiger partial charge in [-0.25, -0.2) is 0 Å². The molecule has 16 nitrogen and oxygen atoms in total. The normalized spacial score (nSPS) is 12.4. The molecule has 9 aromatic rings. The minimum Gasteiger partial charge on any atom is -0.506 e. The zero-order valence-corrected chi connectivity index (χ0v) is 57.8. The van der Waals surface area contributed by atoms with Gasteiger partial charge in [-0.15, -0.1) is 0 Å². The molecule has 34 heteroatoms. The van der Waals surface area contributed by atoms with Gasteiger partial charge in [0.15, 0.2) is 5.78 Å². The fourth-order valence-corrected chi connectivity index (χ4v) is 12.0. The summed E-state index contributed by atoms with van der Waals surface area (Å²) < 4.78 is 274. The molecule has 0 radical (unpaired) electrons. The van der Waals surface area contributed by atoms with Gasteiger partial charge in [0, 0.05) is 60.2 Å². The number of aromatic hydroxyl groups is 3. The van der Waals surface area contributed by atoms with Crippen LogP contribution in [0.2, 0.25) is 0 Å². The number of ether oxygens (including phenoxy) is 1. The Bertz CT molecular complexity index is 4970. The van der Waals surface area contributed by atoms with Crippen molar-refractivity contribution in [3.8, 4) is 28.7 Å². The third kappa shape index (κ3) is 16.6. The van der Waals surface area contributed by atoms with E-state index in [-0.39, 0.29) is 45.5 Å². The molecule has 0 saturated heterocycles. The number of phenolic OH excluding ortho intramolecular Hbond substituents is 3. The SMILES string of the molecule is CC(=O)Nc1cc(C(c2ccc(C)c(NC(=O)c3ccc(Oc4ccc(C(C)=O)cc4)cc3)c2)(C(F)(F)F)C(F)(F)F)ccc1O.CNc1cc(C(c2ccc(C)c(NC(=O)c3cccc(C(=O)Nc4cc(C(c5ccc(C)c(NC(C)=O)c5)(C(F)(F)F)C(F)(F)F)ccc4O)c3)c2)(C(F)(F)F)C(F)(F)F)ccc1O. The number of carbonyl (C=O) groups is 6. The molecule has 0 saturated carbocycles. The molecule has 110 heavy (non-hydrogen) atoms. The zero-order valence-electron chi connectivity index (χ0n) is 57.8. The van der Waals surface area contributed by atoms with Gasteiger partial charge < -0.3 is 52.0 Å². The highest BCUT2D eigenvalue weighted by Gasteiger charge is 2.75. The van der Waals surface area contributed by atoms with Crippen LogP contribution in [0, 0.1) is 20.8 Å². The van der Waals surface area contributed by atoms with Gasteiger partial charge in [0.05, 0.1) is 17.1 Å². The van der Waals surface area contributed by atoms with Crippen LogP contribution in [0.4, 0.5) is 113 Å². The number of ketones is 1. The summed E-state index contributed by atoms with van der Waals surface area (Å²) in [4.78, 5) is 74.6. The number of nitrogens with one attached hydrogen (secondary N) is 6. The van der Waals surface area contributed by atoms with Crippen molar-refractivity contribution in [1.29, 1.82) is 0 Å². The van der Waals surface area contributed by atoms with Crippen molar-refractivity contribution in [3.63, 3.8) is 0 Å². The third-order valence-electron chi connectivity index (χ3n) is 17.5. The largest absolute Gasteiger partial charge is 0.506 e. The minimum atomic E-state index is -6.13. The number of anilines is 6. The van der Waals surface area contributed by atoms with Gasteiger partial charge >= 0.3 is 37.1 Å². The van der Waals surface area contributed by atoms with Gasteiger partial charge in [0.2, 0.25) is 28.1 Å². The maximum atomic E-state index is 15.0. The van der Waals surface area contributed by atoms with Gasteiger partial charge in [-0.3, -0.25) is 28.8 Å². The van der Waals surface area contributed by atoms with Crippen molar-refractivity contribution in [2.45, 2.75) is 94.8 Å². The molecule has 0 unspecified atom stereocenters. The number of carbonyl (C=O) groups excluding carboxylic acids is 6. The lowest BCUT2D eigenvalue weighted by Gasteiger charge is -2.39. The van der Waals surface area contributed by atoms with Gasteiger partial charge in [-0.1, -0.05) is 60.7 Å². The maximum absolute atomic E-state index is 15.0. The van der Waals surface area contributed by atoms with E-state index >= 15 is 0 Å². The summed E-state index contributed by atoms with van der Waals surface area (Å²) in [5, 5.41) is 43.6. The molecule has 580 valence electrons. The Labute approximate surface area is 612 Å². The molecular weight excluding hydrogens is 1500 g/mol. The minimum absolute atomic E-state index is 0.0213. The topological polar surface area (TPSA) is 245 Å². The van der Waals surface area contributed by atoms with Gasteiger partial charge in [0.1, 0.15) is 28.7 Å². The highest BCUT2D eigenvalue weighted by atomic mass is 19.4. The van der Waals surface area contributed by atoms with E-state index in [1.54, 1.807) is 24.3 Å². The van der Waals surface area contributed by atoms with Crippen molar-refractivity contribution in [2.24, 2.45) is 0 Å². The van der Waals surface area contributed by atoms with Crippen LogP contribution in [0.25, 0.3) is 0 Å². The van der Waals surface area contributed by atoms with E-state index < -0.39 is 167 Å². The molecule has 0 aromatic heterocycles. The molecule has 0 aliphatic rings. The molecule has 0 atom stereocenters. The summed E-state index contributed by atoms with van der Waals surface area (Å²) in [5.74, 6) is -6.72. The Morgan fingerprint density at radius 3 is 0.864 bits per heavy atom. The summed E-state index contributed by atoms with van der Waals surface area (Å²) >= 11 is 0. The molecule has 0 heterocycles. The molecule has 0 aliphatic carbocycles. The van der Waals surface area contributed by atoms with Crippen LogP contribution in [0.1, 0.15) is 112 Å². The molecular formula is C76H60F18N6O10. The highest BCUT2D eigenvalue weighted by molar-refractivity contribution is 6.09. The monoisotopic (exact) mass is 1560 g/mol. The summed E-state index contributed by atoms with van der Waals surface area (Å²) in [6.07, 6.45) is -36.3. The van der Waals surface area contributed by atoms with Gasteiger partial charge in [0.25, 0.3) is 17.7 Å². The average molecular weight is 1560 g/mol. The molecule has 9 rings (SSSR count).